The fourth-order valence-corrected chi connectivity index (χ4v) is 0.893. The molecule has 1 unspecified atom stereocenters. The van der Waals surface area contributed by atoms with E-state index in [2.05, 4.69) is 4.74 Å². The lowest BCUT2D eigenvalue weighted by atomic mass is 10.1. The van der Waals surface area contributed by atoms with Gasteiger partial charge in [-0.25, -0.2) is 8.78 Å². The Kier molecular flexibility index (Phi) is 2.24. The summed E-state index contributed by atoms with van der Waals surface area (Å²) < 4.78 is 111. The minimum atomic E-state index is -6.34. The van der Waals surface area contributed by atoms with Gasteiger partial charge in [-0.2, -0.15) is 30.7 Å². The number of hydrogen-bond acceptors (Lipinski definition) is 1. The van der Waals surface area contributed by atoms with Crippen LogP contribution in [0.1, 0.15) is 0 Å². The molecule has 0 N–H and O–H groups in total. The highest BCUT2D eigenvalue weighted by molar-refractivity contribution is 5.09. The number of halogens is 9. The highest BCUT2D eigenvalue weighted by atomic mass is 19.4. The summed E-state index contributed by atoms with van der Waals surface area (Å²) in [6, 6.07) is 0. The first-order valence-electron chi connectivity index (χ1n) is 3.21. The van der Waals surface area contributed by atoms with Crippen LogP contribution in [0.2, 0.25) is 0 Å². The Labute approximate surface area is 75.8 Å². The van der Waals surface area contributed by atoms with Crippen LogP contribution < -0.4 is 0 Å². The first kappa shape index (κ1) is 12.4. The molecule has 1 atom stereocenters. The van der Waals surface area contributed by atoms with Gasteiger partial charge < -0.3 is 0 Å². The van der Waals surface area contributed by atoms with Gasteiger partial charge in [0.1, 0.15) is 0 Å². The average molecular weight is 248 g/mol. The molecule has 1 nitrogen and oxygen atoms in total. The first-order chi connectivity index (χ1) is 6.40. The van der Waals surface area contributed by atoms with Crippen molar-refractivity contribution in [3.63, 3.8) is 0 Å². The van der Waals surface area contributed by atoms with Crippen LogP contribution in [0.4, 0.5) is 39.5 Å². The molecule has 1 rings (SSSR count). The summed E-state index contributed by atoms with van der Waals surface area (Å²) in [5, 5.41) is 0. The Hall–Kier alpha value is -0.670. The maximum Gasteiger partial charge on any atom is 0.428 e. The maximum absolute atomic E-state index is 12.5. The molecular weight excluding hydrogens is 247 g/mol. The summed E-state index contributed by atoms with van der Waals surface area (Å²) in [6.45, 7) is 0. The summed E-state index contributed by atoms with van der Waals surface area (Å²) in [4.78, 5) is 0. The van der Waals surface area contributed by atoms with E-state index < -0.39 is 30.2 Å². The molecule has 0 aromatic rings. The Balaban J connectivity index is 3.31. The van der Waals surface area contributed by atoms with Crippen molar-refractivity contribution in [1.82, 2.24) is 0 Å². The van der Waals surface area contributed by atoms with E-state index in [9.17, 15) is 39.5 Å². The lowest BCUT2D eigenvalue weighted by molar-refractivity contribution is -0.352. The van der Waals surface area contributed by atoms with Crippen molar-refractivity contribution in [3.8, 4) is 0 Å². The average Bonchev–Trinajstić information content (AvgIpc) is 2.09. The van der Waals surface area contributed by atoms with Crippen molar-refractivity contribution in [3.05, 3.63) is 0 Å². The van der Waals surface area contributed by atoms with Crippen LogP contribution >= 0.6 is 0 Å². The maximum atomic E-state index is 12.5. The van der Waals surface area contributed by atoms with Gasteiger partial charge in [0.2, 0.25) is 0 Å². The minimum Gasteiger partial charge on any atom is -0.267 e. The summed E-state index contributed by atoms with van der Waals surface area (Å²) in [6.07, 6.45) is -10.8. The van der Waals surface area contributed by atoms with Crippen molar-refractivity contribution < 1.29 is 44.3 Å². The van der Waals surface area contributed by atoms with E-state index in [1.807, 2.05) is 0 Å². The van der Waals surface area contributed by atoms with Crippen molar-refractivity contribution in [2.75, 3.05) is 0 Å². The van der Waals surface area contributed by atoms with Gasteiger partial charge >= 0.3 is 30.2 Å². The van der Waals surface area contributed by atoms with Gasteiger partial charge in [-0.15, -0.1) is 0 Å². The van der Waals surface area contributed by atoms with Gasteiger partial charge in [-0.3, -0.25) is 4.74 Å². The van der Waals surface area contributed by atoms with Crippen molar-refractivity contribution in [2.45, 2.75) is 30.2 Å². The molecule has 1 aliphatic heterocycles. The van der Waals surface area contributed by atoms with E-state index in [1.165, 1.54) is 0 Å². The number of ether oxygens (including phenoxy) is 1. The van der Waals surface area contributed by atoms with E-state index in [0.29, 0.717) is 0 Å². The minimum absolute atomic E-state index is 2.18. The Bertz CT molecular complexity index is 271. The van der Waals surface area contributed by atoms with Gasteiger partial charge in [0.25, 0.3) is 0 Å². The Morgan fingerprint density at radius 2 is 1.13 bits per heavy atom. The summed E-state index contributed by atoms with van der Waals surface area (Å²) in [5.74, 6) is -18.4. The van der Waals surface area contributed by atoms with Gasteiger partial charge in [0.15, 0.2) is 0 Å². The molecule has 0 amide bonds. The van der Waals surface area contributed by atoms with Gasteiger partial charge in [-0.05, 0) is 0 Å². The molecule has 0 saturated carbocycles. The second-order valence-corrected chi connectivity index (χ2v) is 2.71. The number of alkyl halides is 9. The zero-order valence-corrected chi connectivity index (χ0v) is 6.39. The predicted octanol–water partition coefficient (Wildman–Crippen LogP) is 2.81. The second kappa shape index (κ2) is 2.71. The van der Waals surface area contributed by atoms with Crippen LogP contribution in [0, 0.1) is 0 Å². The highest BCUT2D eigenvalue weighted by Crippen LogP contribution is 2.62. The fraction of sp³-hybridized carbons (Fsp3) is 1.00. The molecule has 10 heteroatoms. The van der Waals surface area contributed by atoms with Gasteiger partial charge in [0.05, 0.1) is 0 Å². The van der Waals surface area contributed by atoms with Crippen LogP contribution in [-0.2, 0) is 4.74 Å². The van der Waals surface area contributed by atoms with Crippen molar-refractivity contribution in [1.29, 1.82) is 0 Å². The standard InChI is InChI=1S/C5HF9O/c6-1(7)2(8)3(9,10)4(11,12)5(13,14)15-2/h1H. The molecule has 1 aliphatic rings. The predicted molar refractivity (Wildman–Crippen MR) is 25.8 cm³/mol. The van der Waals surface area contributed by atoms with Crippen molar-refractivity contribution >= 4 is 0 Å². The van der Waals surface area contributed by atoms with E-state index in [-0.39, 0.29) is 0 Å². The summed E-state index contributed by atoms with van der Waals surface area (Å²) in [7, 11) is 0. The zero-order chi connectivity index (χ0) is 12.3. The molecule has 0 radical (unpaired) electrons. The molecule has 0 bridgehead atoms. The van der Waals surface area contributed by atoms with Crippen molar-refractivity contribution in [2.24, 2.45) is 0 Å². The first-order valence-corrected chi connectivity index (χ1v) is 3.21. The quantitative estimate of drug-likeness (QED) is 0.648. The number of hydrogen-bond donors (Lipinski definition) is 0. The van der Waals surface area contributed by atoms with Crippen LogP contribution in [-0.4, -0.2) is 30.2 Å². The zero-order valence-electron chi connectivity index (χ0n) is 6.39. The summed E-state index contributed by atoms with van der Waals surface area (Å²) >= 11 is 0. The SMILES string of the molecule is FC(F)C1(F)OC(F)(F)C(F)(F)C1(F)F. The molecule has 0 aromatic carbocycles. The second-order valence-electron chi connectivity index (χ2n) is 2.71. The highest BCUT2D eigenvalue weighted by Gasteiger charge is 2.92. The molecule has 0 spiro atoms. The number of rotatable bonds is 1. The largest absolute Gasteiger partial charge is 0.428 e. The van der Waals surface area contributed by atoms with E-state index in [1.54, 1.807) is 0 Å². The van der Waals surface area contributed by atoms with Crippen LogP contribution in [0.15, 0.2) is 0 Å². The van der Waals surface area contributed by atoms with Crippen LogP contribution in [0.25, 0.3) is 0 Å². The van der Waals surface area contributed by atoms with Crippen LogP contribution in [0.5, 0.6) is 0 Å². The third-order valence-electron chi connectivity index (χ3n) is 1.75. The van der Waals surface area contributed by atoms with E-state index in [4.69, 9.17) is 0 Å². The van der Waals surface area contributed by atoms with E-state index >= 15 is 0 Å². The molecule has 90 valence electrons. The van der Waals surface area contributed by atoms with Gasteiger partial charge in [-0.1, -0.05) is 0 Å². The molecule has 0 aliphatic carbocycles. The Morgan fingerprint density at radius 3 is 1.27 bits per heavy atom. The summed E-state index contributed by atoms with van der Waals surface area (Å²) in [5.41, 5.74) is 0. The lowest BCUT2D eigenvalue weighted by Crippen LogP contribution is -2.55. The Morgan fingerprint density at radius 1 is 0.733 bits per heavy atom. The third-order valence-corrected chi connectivity index (χ3v) is 1.75. The molecule has 1 fully saturated rings. The smallest absolute Gasteiger partial charge is 0.267 e. The third kappa shape index (κ3) is 1.16. The molecule has 15 heavy (non-hydrogen) atoms. The topological polar surface area (TPSA) is 9.23 Å². The normalized spacial score (nSPS) is 37.2. The van der Waals surface area contributed by atoms with Crippen LogP contribution in [0.3, 0.4) is 0 Å². The molecule has 1 heterocycles. The van der Waals surface area contributed by atoms with E-state index in [0.717, 1.165) is 0 Å². The lowest BCUT2D eigenvalue weighted by Gasteiger charge is -2.24. The van der Waals surface area contributed by atoms with Gasteiger partial charge in [0, 0.05) is 0 Å². The molecule has 0 aromatic heterocycles. The molecule has 1 saturated heterocycles. The fourth-order valence-electron chi connectivity index (χ4n) is 0.893. The monoisotopic (exact) mass is 248 g/mol. The molecular formula is C5HF9O.